The first-order chi connectivity index (χ1) is 13.5. The highest BCUT2D eigenvalue weighted by atomic mass is 16.5. The Morgan fingerprint density at radius 2 is 2.00 bits per heavy atom. The Kier molecular flexibility index (Phi) is 7.05. The molecule has 2 saturated carbocycles. The van der Waals surface area contributed by atoms with Crippen molar-refractivity contribution >= 4 is 11.8 Å². The van der Waals surface area contributed by atoms with Crippen LogP contribution < -0.4 is 5.32 Å². The number of hydrogen-bond donors (Lipinski definition) is 1. The Morgan fingerprint density at radius 3 is 2.68 bits per heavy atom. The van der Waals surface area contributed by atoms with Crippen LogP contribution in [0.4, 0.5) is 0 Å². The molecule has 2 amide bonds. The lowest BCUT2D eigenvalue weighted by molar-refractivity contribution is -0.138. The van der Waals surface area contributed by atoms with E-state index >= 15 is 0 Å². The van der Waals surface area contributed by atoms with E-state index in [2.05, 4.69) is 17.2 Å². The van der Waals surface area contributed by atoms with Crippen LogP contribution in [0.3, 0.4) is 0 Å². The quantitative estimate of drug-likeness (QED) is 0.745. The fraction of sp³-hybridized carbons (Fsp3) is 0.682. The van der Waals surface area contributed by atoms with Gasteiger partial charge in [0.15, 0.2) is 0 Å². The van der Waals surface area contributed by atoms with Crippen molar-refractivity contribution in [3.05, 3.63) is 29.6 Å². The molecule has 3 atom stereocenters. The number of pyridine rings is 1. The molecule has 28 heavy (non-hydrogen) atoms. The molecule has 6 nitrogen and oxygen atoms in total. The molecule has 0 bridgehead atoms. The van der Waals surface area contributed by atoms with Crippen LogP contribution in [0.1, 0.15) is 56.6 Å². The zero-order chi connectivity index (χ0) is 20.1. The second kappa shape index (κ2) is 9.50. The van der Waals surface area contributed by atoms with Crippen LogP contribution in [-0.2, 0) is 20.9 Å². The molecule has 1 aromatic heterocycles. The largest absolute Gasteiger partial charge is 0.376 e. The summed E-state index contributed by atoms with van der Waals surface area (Å²) in [6.07, 6.45) is 8.80. The van der Waals surface area contributed by atoms with E-state index in [1.807, 2.05) is 26.2 Å². The smallest absolute Gasteiger partial charge is 0.225 e. The molecule has 2 aliphatic carbocycles. The summed E-state index contributed by atoms with van der Waals surface area (Å²) in [6, 6.07) is 1.89. The average Bonchev–Trinajstić information content (AvgIpc) is 3.53. The van der Waals surface area contributed by atoms with Crippen molar-refractivity contribution < 1.29 is 14.3 Å². The molecule has 0 aliphatic heterocycles. The minimum Gasteiger partial charge on any atom is -0.376 e. The molecule has 154 valence electrons. The third kappa shape index (κ3) is 5.31. The molecular weight excluding hydrogens is 354 g/mol. The Hall–Kier alpha value is -1.95. The van der Waals surface area contributed by atoms with E-state index in [0.717, 1.165) is 43.2 Å². The second-order valence-electron chi connectivity index (χ2n) is 8.31. The zero-order valence-electron chi connectivity index (χ0n) is 17.3. The molecule has 0 aromatic carbocycles. The normalized spacial score (nSPS) is 24.6. The van der Waals surface area contributed by atoms with E-state index in [0.29, 0.717) is 19.6 Å². The summed E-state index contributed by atoms with van der Waals surface area (Å²) < 4.78 is 6.00. The van der Waals surface area contributed by atoms with Gasteiger partial charge in [-0.1, -0.05) is 6.92 Å². The van der Waals surface area contributed by atoms with Crippen LogP contribution in [-0.4, -0.2) is 47.5 Å². The van der Waals surface area contributed by atoms with E-state index in [1.165, 1.54) is 0 Å². The van der Waals surface area contributed by atoms with Crippen LogP contribution in [0.2, 0.25) is 0 Å². The van der Waals surface area contributed by atoms with Gasteiger partial charge >= 0.3 is 0 Å². The van der Waals surface area contributed by atoms with Gasteiger partial charge < -0.3 is 15.0 Å². The van der Waals surface area contributed by atoms with Gasteiger partial charge in [0.25, 0.3) is 0 Å². The highest BCUT2D eigenvalue weighted by Gasteiger charge is 2.39. The number of aryl methyl sites for hydroxylation is 1. The van der Waals surface area contributed by atoms with Crippen LogP contribution >= 0.6 is 0 Å². The SMILES string of the molecule is CCCO[C@@H]1CC[C@H](C(=O)N(C)Cc2ccncc2C)C[C@H]1NC(=O)C1CC1. The molecule has 6 heteroatoms. The number of carbonyl (C=O) groups is 2. The lowest BCUT2D eigenvalue weighted by Gasteiger charge is -2.37. The maximum Gasteiger partial charge on any atom is 0.225 e. The van der Waals surface area contributed by atoms with E-state index in [9.17, 15) is 9.59 Å². The number of rotatable bonds is 8. The Morgan fingerprint density at radius 1 is 1.25 bits per heavy atom. The van der Waals surface area contributed by atoms with Gasteiger partial charge in [0.05, 0.1) is 12.1 Å². The molecule has 2 aliphatic rings. The van der Waals surface area contributed by atoms with Crippen LogP contribution in [0, 0.1) is 18.8 Å². The van der Waals surface area contributed by atoms with Gasteiger partial charge in [-0.25, -0.2) is 0 Å². The van der Waals surface area contributed by atoms with Crippen molar-refractivity contribution in [2.75, 3.05) is 13.7 Å². The number of carbonyl (C=O) groups excluding carboxylic acids is 2. The predicted octanol–water partition coefficient (Wildman–Crippen LogP) is 2.84. The Balaban J connectivity index is 1.61. The van der Waals surface area contributed by atoms with Crippen molar-refractivity contribution in [3.63, 3.8) is 0 Å². The van der Waals surface area contributed by atoms with Crippen LogP contribution in [0.15, 0.2) is 18.5 Å². The average molecular weight is 388 g/mol. The van der Waals surface area contributed by atoms with E-state index in [-0.39, 0.29) is 35.8 Å². The third-order valence-corrected chi connectivity index (χ3v) is 5.87. The lowest BCUT2D eigenvalue weighted by Crippen LogP contribution is -2.51. The first-order valence-corrected chi connectivity index (χ1v) is 10.6. The van der Waals surface area contributed by atoms with Crippen molar-refractivity contribution in [1.82, 2.24) is 15.2 Å². The van der Waals surface area contributed by atoms with Gasteiger partial charge in [0.2, 0.25) is 11.8 Å². The highest BCUT2D eigenvalue weighted by Crippen LogP contribution is 2.32. The molecule has 1 aromatic rings. The lowest BCUT2D eigenvalue weighted by atomic mass is 9.82. The molecule has 1 N–H and O–H groups in total. The van der Waals surface area contributed by atoms with Gasteiger partial charge in [-0.3, -0.25) is 14.6 Å². The van der Waals surface area contributed by atoms with Gasteiger partial charge in [0.1, 0.15) is 0 Å². The molecule has 0 saturated heterocycles. The molecule has 0 radical (unpaired) electrons. The standard InChI is InChI=1S/C22H33N3O3/c1-4-11-28-20-8-7-17(12-19(20)24-21(26)16-5-6-16)22(27)25(3)14-18-9-10-23-13-15(18)2/h9-10,13,16-17,19-20H,4-8,11-12,14H2,1-3H3,(H,24,26)/t17-,19+,20+/m0/s1. The number of nitrogens with one attached hydrogen (secondary N) is 1. The molecule has 2 fully saturated rings. The summed E-state index contributed by atoms with van der Waals surface area (Å²) in [7, 11) is 1.86. The number of amides is 2. The van der Waals surface area contributed by atoms with Crippen LogP contribution in [0.25, 0.3) is 0 Å². The second-order valence-corrected chi connectivity index (χ2v) is 8.31. The molecule has 3 rings (SSSR count). The monoisotopic (exact) mass is 387 g/mol. The Labute approximate surface area is 168 Å². The Bertz CT molecular complexity index is 689. The summed E-state index contributed by atoms with van der Waals surface area (Å²) in [6.45, 7) is 5.38. The first-order valence-electron chi connectivity index (χ1n) is 10.6. The van der Waals surface area contributed by atoms with Gasteiger partial charge in [0, 0.05) is 44.4 Å². The summed E-state index contributed by atoms with van der Waals surface area (Å²) in [4.78, 5) is 31.3. The number of aromatic nitrogens is 1. The summed E-state index contributed by atoms with van der Waals surface area (Å²) in [5, 5.41) is 3.18. The van der Waals surface area contributed by atoms with Crippen LogP contribution in [0.5, 0.6) is 0 Å². The van der Waals surface area contributed by atoms with Gasteiger partial charge in [-0.15, -0.1) is 0 Å². The molecular formula is C22H33N3O3. The minimum atomic E-state index is -0.0712. The topological polar surface area (TPSA) is 71.5 Å². The van der Waals surface area contributed by atoms with Crippen molar-refractivity contribution in [2.45, 2.75) is 71.1 Å². The van der Waals surface area contributed by atoms with E-state index in [1.54, 1.807) is 11.1 Å². The number of nitrogens with zero attached hydrogens (tertiary/aromatic N) is 2. The zero-order valence-corrected chi connectivity index (χ0v) is 17.3. The fourth-order valence-corrected chi connectivity index (χ4v) is 3.96. The first kappa shape index (κ1) is 20.8. The molecule has 0 unspecified atom stereocenters. The minimum absolute atomic E-state index is 0.0134. The third-order valence-electron chi connectivity index (χ3n) is 5.87. The van der Waals surface area contributed by atoms with Crippen molar-refractivity contribution in [3.8, 4) is 0 Å². The summed E-state index contributed by atoms with van der Waals surface area (Å²) >= 11 is 0. The van der Waals surface area contributed by atoms with Gasteiger partial charge in [-0.05, 0) is 62.6 Å². The van der Waals surface area contributed by atoms with Crippen molar-refractivity contribution in [2.24, 2.45) is 11.8 Å². The highest BCUT2D eigenvalue weighted by molar-refractivity contribution is 5.82. The summed E-state index contributed by atoms with van der Waals surface area (Å²) in [5.41, 5.74) is 2.21. The maximum absolute atomic E-state index is 13.1. The van der Waals surface area contributed by atoms with E-state index in [4.69, 9.17) is 4.74 Å². The number of hydrogen-bond acceptors (Lipinski definition) is 4. The summed E-state index contributed by atoms with van der Waals surface area (Å²) in [5.74, 6) is 0.373. The fourth-order valence-electron chi connectivity index (χ4n) is 3.96. The predicted molar refractivity (Wildman–Crippen MR) is 107 cm³/mol. The van der Waals surface area contributed by atoms with Gasteiger partial charge in [-0.2, -0.15) is 0 Å². The van der Waals surface area contributed by atoms with Crippen molar-refractivity contribution in [1.29, 1.82) is 0 Å². The number of ether oxygens (including phenoxy) is 1. The molecule has 1 heterocycles. The van der Waals surface area contributed by atoms with E-state index < -0.39 is 0 Å². The maximum atomic E-state index is 13.1. The molecule has 0 spiro atoms.